The minimum atomic E-state index is 0.900. The van der Waals surface area contributed by atoms with Gasteiger partial charge in [-0.2, -0.15) is 0 Å². The second-order valence-corrected chi connectivity index (χ2v) is 5.63. The molecular formula is C15H15BrN2. The lowest BCUT2D eigenvalue weighted by Gasteiger charge is -2.18. The first-order valence-electron chi connectivity index (χ1n) is 6.02. The van der Waals surface area contributed by atoms with E-state index in [0.29, 0.717) is 0 Å². The number of nitrogens with two attached hydrogens (primary N) is 1. The smallest absolute Gasteiger partial charge is 0.0457 e. The van der Waals surface area contributed by atoms with Crippen LogP contribution < -0.4 is 10.6 Å². The maximum absolute atomic E-state index is 6.03. The van der Waals surface area contributed by atoms with Gasteiger partial charge in [0.15, 0.2) is 0 Å². The third kappa shape index (κ3) is 1.89. The number of hydrogen-bond donors (Lipinski definition) is 1. The highest BCUT2D eigenvalue weighted by atomic mass is 79.9. The largest absolute Gasteiger partial charge is 0.398 e. The lowest BCUT2D eigenvalue weighted by atomic mass is 10.1. The molecule has 0 fully saturated rings. The van der Waals surface area contributed by atoms with Crippen molar-refractivity contribution in [2.24, 2.45) is 0 Å². The van der Waals surface area contributed by atoms with Gasteiger partial charge in [-0.25, -0.2) is 0 Å². The summed E-state index contributed by atoms with van der Waals surface area (Å²) in [4.78, 5) is 2.35. The Balaban J connectivity index is 1.94. The van der Waals surface area contributed by atoms with Crippen LogP contribution >= 0.6 is 15.9 Å². The van der Waals surface area contributed by atoms with Crippen LogP contribution in [0, 0.1) is 6.92 Å². The Kier molecular flexibility index (Phi) is 2.78. The van der Waals surface area contributed by atoms with Crippen LogP contribution in [0.3, 0.4) is 0 Å². The van der Waals surface area contributed by atoms with E-state index in [9.17, 15) is 0 Å². The Hall–Kier alpha value is -1.48. The Morgan fingerprint density at radius 1 is 1.17 bits per heavy atom. The van der Waals surface area contributed by atoms with E-state index in [4.69, 9.17) is 5.73 Å². The molecular weight excluding hydrogens is 288 g/mol. The quantitative estimate of drug-likeness (QED) is 0.811. The summed E-state index contributed by atoms with van der Waals surface area (Å²) in [5.74, 6) is 0. The molecule has 3 heteroatoms. The van der Waals surface area contributed by atoms with Crippen molar-refractivity contribution >= 4 is 27.3 Å². The first kappa shape index (κ1) is 11.6. The zero-order valence-electron chi connectivity index (χ0n) is 10.3. The Morgan fingerprint density at radius 3 is 2.72 bits per heavy atom. The molecule has 0 aliphatic carbocycles. The molecule has 0 aromatic heterocycles. The Morgan fingerprint density at radius 2 is 2.00 bits per heavy atom. The minimum absolute atomic E-state index is 0.900. The van der Waals surface area contributed by atoms with E-state index in [1.807, 2.05) is 12.1 Å². The van der Waals surface area contributed by atoms with Gasteiger partial charge in [0.1, 0.15) is 0 Å². The molecule has 0 atom stereocenters. The van der Waals surface area contributed by atoms with Crippen molar-refractivity contribution in [3.63, 3.8) is 0 Å². The molecule has 1 aliphatic rings. The fourth-order valence-electron chi connectivity index (χ4n) is 2.41. The average Bonchev–Trinajstić information content (AvgIpc) is 2.78. The Labute approximate surface area is 116 Å². The summed E-state index contributed by atoms with van der Waals surface area (Å²) in [6.07, 6.45) is 0. The van der Waals surface area contributed by atoms with Crippen LogP contribution in [0.5, 0.6) is 0 Å². The van der Waals surface area contributed by atoms with E-state index in [-0.39, 0.29) is 0 Å². The van der Waals surface area contributed by atoms with Crippen LogP contribution in [0.4, 0.5) is 11.4 Å². The summed E-state index contributed by atoms with van der Waals surface area (Å²) in [6, 6.07) is 12.7. The molecule has 0 saturated carbocycles. The predicted octanol–water partition coefficient (Wildman–Crippen LogP) is 3.86. The molecule has 0 amide bonds. The standard InChI is InChI=1S/C15H15BrN2/c1-10-5-6-12(7-14(10)16)18-8-11-3-2-4-15(17)13(11)9-18/h2-7H,8-9,17H2,1H3. The summed E-state index contributed by atoms with van der Waals surface area (Å²) in [5.41, 5.74) is 12.0. The first-order chi connectivity index (χ1) is 8.65. The molecule has 0 radical (unpaired) electrons. The van der Waals surface area contributed by atoms with Crippen molar-refractivity contribution in [3.8, 4) is 0 Å². The van der Waals surface area contributed by atoms with Gasteiger partial charge in [-0.05, 0) is 41.8 Å². The fraction of sp³-hybridized carbons (Fsp3) is 0.200. The van der Waals surface area contributed by atoms with Crippen LogP contribution in [-0.4, -0.2) is 0 Å². The summed E-state index contributed by atoms with van der Waals surface area (Å²) in [5, 5.41) is 0. The van der Waals surface area contributed by atoms with E-state index in [1.54, 1.807) is 0 Å². The van der Waals surface area contributed by atoms with Gasteiger partial charge in [0, 0.05) is 28.9 Å². The van der Waals surface area contributed by atoms with Gasteiger partial charge >= 0.3 is 0 Å². The summed E-state index contributed by atoms with van der Waals surface area (Å²) < 4.78 is 1.16. The van der Waals surface area contributed by atoms with Gasteiger partial charge in [0.2, 0.25) is 0 Å². The number of aryl methyl sites for hydroxylation is 1. The fourth-order valence-corrected chi connectivity index (χ4v) is 2.78. The molecule has 0 unspecified atom stereocenters. The summed E-state index contributed by atoms with van der Waals surface area (Å²) >= 11 is 3.59. The van der Waals surface area contributed by atoms with E-state index in [2.05, 4.69) is 52.0 Å². The second kappa shape index (κ2) is 4.32. The maximum Gasteiger partial charge on any atom is 0.0457 e. The third-order valence-electron chi connectivity index (χ3n) is 3.54. The molecule has 0 spiro atoms. The van der Waals surface area contributed by atoms with E-state index in [1.165, 1.54) is 22.4 Å². The monoisotopic (exact) mass is 302 g/mol. The van der Waals surface area contributed by atoms with Crippen LogP contribution in [0.2, 0.25) is 0 Å². The van der Waals surface area contributed by atoms with Crippen LogP contribution in [0.15, 0.2) is 40.9 Å². The number of fused-ring (bicyclic) bond motifs is 1. The van der Waals surface area contributed by atoms with Gasteiger partial charge in [-0.1, -0.05) is 34.1 Å². The Bertz CT molecular complexity index is 607. The first-order valence-corrected chi connectivity index (χ1v) is 6.82. The van der Waals surface area contributed by atoms with Crippen molar-refractivity contribution in [1.82, 2.24) is 0 Å². The minimum Gasteiger partial charge on any atom is -0.398 e. The van der Waals surface area contributed by atoms with Crippen LogP contribution in [-0.2, 0) is 13.1 Å². The summed E-state index contributed by atoms with van der Waals surface area (Å²) in [6.45, 7) is 3.94. The van der Waals surface area contributed by atoms with Crippen molar-refractivity contribution in [3.05, 3.63) is 57.6 Å². The predicted molar refractivity (Wildman–Crippen MR) is 79.6 cm³/mol. The van der Waals surface area contributed by atoms with Gasteiger partial charge in [0.05, 0.1) is 0 Å². The SMILES string of the molecule is Cc1ccc(N2Cc3cccc(N)c3C2)cc1Br. The van der Waals surface area contributed by atoms with Crippen molar-refractivity contribution in [2.45, 2.75) is 20.0 Å². The van der Waals surface area contributed by atoms with E-state index in [0.717, 1.165) is 23.2 Å². The van der Waals surface area contributed by atoms with E-state index < -0.39 is 0 Å². The third-order valence-corrected chi connectivity index (χ3v) is 4.39. The lowest BCUT2D eigenvalue weighted by Crippen LogP contribution is -2.14. The number of halogens is 1. The molecule has 3 rings (SSSR count). The normalized spacial score (nSPS) is 13.8. The molecule has 1 aliphatic heterocycles. The van der Waals surface area contributed by atoms with Crippen molar-refractivity contribution in [2.75, 3.05) is 10.6 Å². The number of nitrogen functional groups attached to an aromatic ring is 1. The zero-order valence-corrected chi connectivity index (χ0v) is 11.9. The molecule has 2 aromatic rings. The average molecular weight is 303 g/mol. The van der Waals surface area contributed by atoms with Crippen LogP contribution in [0.25, 0.3) is 0 Å². The number of benzene rings is 2. The molecule has 1 heterocycles. The van der Waals surface area contributed by atoms with Crippen molar-refractivity contribution in [1.29, 1.82) is 0 Å². The topological polar surface area (TPSA) is 29.3 Å². The number of anilines is 2. The molecule has 2 aromatic carbocycles. The maximum atomic E-state index is 6.03. The van der Waals surface area contributed by atoms with Gasteiger partial charge < -0.3 is 10.6 Å². The van der Waals surface area contributed by atoms with Gasteiger partial charge in [-0.3, -0.25) is 0 Å². The summed E-state index contributed by atoms with van der Waals surface area (Å²) in [7, 11) is 0. The highest BCUT2D eigenvalue weighted by molar-refractivity contribution is 9.10. The molecule has 0 saturated heterocycles. The van der Waals surface area contributed by atoms with Crippen molar-refractivity contribution < 1.29 is 0 Å². The second-order valence-electron chi connectivity index (χ2n) is 4.77. The highest BCUT2D eigenvalue weighted by Gasteiger charge is 2.21. The highest BCUT2D eigenvalue weighted by Crippen LogP contribution is 2.33. The van der Waals surface area contributed by atoms with Crippen LogP contribution in [0.1, 0.15) is 16.7 Å². The van der Waals surface area contributed by atoms with E-state index >= 15 is 0 Å². The zero-order chi connectivity index (χ0) is 12.7. The number of hydrogen-bond acceptors (Lipinski definition) is 2. The molecule has 18 heavy (non-hydrogen) atoms. The van der Waals surface area contributed by atoms with Gasteiger partial charge in [-0.15, -0.1) is 0 Å². The lowest BCUT2D eigenvalue weighted by molar-refractivity contribution is 0.880. The van der Waals surface area contributed by atoms with Gasteiger partial charge in [0.25, 0.3) is 0 Å². The molecule has 92 valence electrons. The molecule has 0 bridgehead atoms. The molecule has 2 nitrogen and oxygen atoms in total. The number of rotatable bonds is 1. The molecule has 2 N–H and O–H groups in total. The number of nitrogens with zero attached hydrogens (tertiary/aromatic N) is 1.